The van der Waals surface area contributed by atoms with Crippen LogP contribution in [0.1, 0.15) is 360 Å². The van der Waals surface area contributed by atoms with Gasteiger partial charge in [-0.2, -0.15) is 0 Å². The van der Waals surface area contributed by atoms with E-state index < -0.39 is 239 Å². The second-order valence-corrected chi connectivity index (χ2v) is 54.2. The van der Waals surface area contributed by atoms with Gasteiger partial charge in [-0.25, -0.2) is 0 Å². The Morgan fingerprint density at radius 2 is 0.225 bits per heavy atom. The predicted octanol–water partition coefficient (Wildman–Crippen LogP) is 19.8. The van der Waals surface area contributed by atoms with Gasteiger partial charge in [-0.3, -0.25) is 43.2 Å². The number of esters is 9. The fourth-order valence-electron chi connectivity index (χ4n) is 10.2. The summed E-state index contributed by atoms with van der Waals surface area (Å²) in [6.45, 7) is 92.5. The molecule has 0 saturated carbocycles. The molecule has 1 unspecified atom stereocenters. The molecule has 1 atom stereocenters. The fourth-order valence-corrected chi connectivity index (χ4v) is 10.2. The van der Waals surface area contributed by atoms with E-state index in [1.807, 2.05) is 249 Å². The van der Waals surface area contributed by atoms with E-state index in [-0.39, 0.29) is 85.0 Å². The van der Waals surface area contributed by atoms with E-state index in [9.17, 15) is 38.4 Å². The first kappa shape index (κ1) is 134. The van der Waals surface area contributed by atoms with Crippen LogP contribution in [0.4, 0.5) is 0 Å². The normalized spacial score (nSPS) is 14.6. The zero-order valence-electron chi connectivity index (χ0n) is 96.5. The highest BCUT2D eigenvalue weighted by Gasteiger charge is 2.53. The van der Waals surface area contributed by atoms with Crippen LogP contribution in [0.25, 0.3) is 0 Å². The van der Waals surface area contributed by atoms with Crippen molar-refractivity contribution in [3.8, 4) is 0 Å². The lowest BCUT2D eigenvalue weighted by Crippen LogP contribution is -2.49. The van der Waals surface area contributed by atoms with Crippen LogP contribution in [-0.2, 0) is 147 Å². The summed E-state index contributed by atoms with van der Waals surface area (Å²) in [6.07, 6.45) is 0. The summed E-state index contributed by atoms with van der Waals surface area (Å²) in [7, 11) is 0. The van der Waals surface area contributed by atoms with Crippen LogP contribution >= 0.6 is 0 Å². The Labute approximate surface area is 834 Å². The summed E-state index contributed by atoms with van der Waals surface area (Å²) >= 11 is 0. The van der Waals surface area contributed by atoms with E-state index in [1.165, 1.54) is 13.8 Å². The van der Waals surface area contributed by atoms with Crippen LogP contribution in [0.3, 0.4) is 0 Å². The van der Waals surface area contributed by atoms with Crippen LogP contribution in [0.15, 0.2) is 12.3 Å². The number of rotatable bonds is 51. The van der Waals surface area contributed by atoms with Gasteiger partial charge < -0.3 is 104 Å². The van der Waals surface area contributed by atoms with Crippen molar-refractivity contribution in [1.29, 1.82) is 0 Å². The van der Waals surface area contributed by atoms with E-state index in [4.69, 9.17) is 104 Å². The third kappa shape index (κ3) is 56.5. The summed E-state index contributed by atoms with van der Waals surface area (Å²) in [6, 6.07) is 0. The summed E-state index contributed by atoms with van der Waals surface area (Å²) in [5.74, 6) is -6.87. The molecule has 0 aromatic heterocycles. The summed E-state index contributed by atoms with van der Waals surface area (Å²) in [5, 5.41) is 0. The number of ether oxygens (including phenoxy) is 22. The van der Waals surface area contributed by atoms with Crippen molar-refractivity contribution in [2.24, 2.45) is 54.1 Å². The van der Waals surface area contributed by atoms with Gasteiger partial charge in [0, 0.05) is 0 Å². The molecular weight excluding hydrogens is 1780 g/mol. The lowest BCUT2D eigenvalue weighted by atomic mass is 9.88. The van der Waals surface area contributed by atoms with Gasteiger partial charge in [0.1, 0.15) is 119 Å². The number of carbonyl (C=O) groups excluding carboxylic acids is 9. The minimum absolute atomic E-state index is 0.0312. The Morgan fingerprint density at radius 1 is 0.130 bits per heavy atom. The lowest BCUT2D eigenvalue weighted by Gasteiger charge is -2.38. The number of hydrogen-bond acceptors (Lipinski definition) is 31. The molecule has 31 heteroatoms. The molecule has 0 saturated heterocycles. The first-order valence-electron chi connectivity index (χ1n) is 48.4. The van der Waals surface area contributed by atoms with Gasteiger partial charge in [0.15, 0.2) is 0 Å². The summed E-state index contributed by atoms with van der Waals surface area (Å²) in [4.78, 5) is 129. The van der Waals surface area contributed by atoms with Gasteiger partial charge in [-0.05, 0) is 360 Å². The molecule has 0 bridgehead atoms. The van der Waals surface area contributed by atoms with Gasteiger partial charge >= 0.3 is 53.7 Å². The van der Waals surface area contributed by atoms with Crippen LogP contribution in [0, 0.1) is 54.1 Å². The Morgan fingerprint density at radius 3 is 0.333 bits per heavy atom. The molecule has 31 nitrogen and oxygen atoms in total. The Balaban J connectivity index is 0. The summed E-state index contributed by atoms with van der Waals surface area (Å²) in [5.41, 5.74) is -24.0. The van der Waals surface area contributed by atoms with E-state index in [1.54, 1.807) is 96.9 Å². The molecule has 138 heavy (non-hydrogen) atoms. The molecule has 812 valence electrons. The Kier molecular flexibility index (Phi) is 49.1. The van der Waals surface area contributed by atoms with Crippen molar-refractivity contribution in [3.05, 3.63) is 12.3 Å². The molecule has 0 aromatic rings. The largest absolute Gasteiger partial charge is 0.496 e. The highest BCUT2D eigenvalue weighted by molar-refractivity contribution is 5.84. The van der Waals surface area contributed by atoms with Crippen molar-refractivity contribution < 1.29 is 147 Å². The minimum Gasteiger partial charge on any atom is -0.496 e. The van der Waals surface area contributed by atoms with E-state index in [0.717, 1.165) is 0 Å². The Hall–Kier alpha value is -5.71. The van der Waals surface area contributed by atoms with Crippen molar-refractivity contribution in [2.75, 3.05) is 132 Å². The fraction of sp³-hybridized carbons (Fsp3) is 0.897. The third-order valence-electron chi connectivity index (χ3n) is 20.0. The maximum atomic E-state index is 15.1. The van der Waals surface area contributed by atoms with E-state index >= 15 is 4.79 Å². The summed E-state index contributed by atoms with van der Waals surface area (Å²) < 4.78 is 133. The van der Waals surface area contributed by atoms with Crippen LogP contribution in [0.5, 0.6) is 0 Å². The maximum absolute atomic E-state index is 15.1. The number of carbonyl (C=O) groups is 9. The highest BCUT2D eigenvalue weighted by atomic mass is 16.6. The molecule has 0 heterocycles. The van der Waals surface area contributed by atoms with E-state index in [0.29, 0.717) is 0 Å². The van der Waals surface area contributed by atoms with Crippen molar-refractivity contribution in [3.63, 3.8) is 0 Å². The van der Waals surface area contributed by atoms with Gasteiger partial charge in [0.25, 0.3) is 0 Å². The monoisotopic (exact) mass is 1980 g/mol. The standard InChI is InChI=1S/C72H132O21.C35H66O10/c1-50(66(29,36-80-52(74)69(32,42-85-57(2,3)4)43-86-58(5,6)7)37-81-53(75)70(33,44-87-59(8,9)10)45-88-60(11,12)13)79-38-68(31,56(78)93-65(26,27)28)41-84-51(73)67(30,39-82-54(76)71(34,46-89-61(14,15)16)47-90-62(17,18)19)40-83-55(77)72(35,48-91-63(20,21)22)49-92-64(23,24)25;1-28(2,3)41-21-34(17,22-42-29(4,5)6)25(36)39-19-33(16,27(38)45-32(13,14)15)20-40-26(37)35(18,23-43-30(7,8)9)24-44-31(10,11)12/h1,36-49H2,2-35H3;19-24H2,1-18H3. The van der Waals surface area contributed by atoms with Gasteiger partial charge in [0.05, 0.1) is 152 Å². The molecule has 0 aliphatic rings. The van der Waals surface area contributed by atoms with Crippen molar-refractivity contribution in [1.82, 2.24) is 0 Å². The van der Waals surface area contributed by atoms with Crippen LogP contribution in [0.2, 0.25) is 0 Å². The van der Waals surface area contributed by atoms with Crippen LogP contribution < -0.4 is 0 Å². The highest BCUT2D eigenvalue weighted by Crippen LogP contribution is 2.40. The molecule has 0 aliphatic carbocycles. The maximum Gasteiger partial charge on any atom is 0.319 e. The molecule has 0 spiro atoms. The molecule has 0 aliphatic heterocycles. The van der Waals surface area contributed by atoms with E-state index in [2.05, 4.69) is 6.58 Å². The second-order valence-electron chi connectivity index (χ2n) is 54.2. The minimum atomic E-state index is -1.96. The van der Waals surface area contributed by atoms with Crippen LogP contribution in [-0.4, -0.2) is 264 Å². The zero-order chi connectivity index (χ0) is 109. The smallest absolute Gasteiger partial charge is 0.319 e. The second kappa shape index (κ2) is 50.4. The molecule has 0 fully saturated rings. The SMILES string of the molecule is C=C(OCC(C)(COC(=O)C(C)(COC(=O)C(C)(COC(C)(C)C)COC(C)(C)C)COC(=O)C(C)(COC(C)(C)C)COC(C)(C)C)C(=O)OC(C)(C)C)C(C)(COC(=O)C(C)(COC(C)(C)C)COC(C)(C)C)COC(=O)C(C)(COC(C)(C)C)COC(C)(C)C.CC(C)(C)OCC(C)(COC(C)(C)C)C(=O)OCC(C)(COC(=O)C(C)(COC(C)(C)C)COC(C)(C)C)C(=O)OC(C)(C)C. The topological polar surface area (TPSA) is 357 Å². The third-order valence-corrected chi connectivity index (χ3v) is 20.0. The van der Waals surface area contributed by atoms with Crippen molar-refractivity contribution in [2.45, 2.75) is 438 Å². The molecule has 0 radical (unpaired) electrons. The first-order chi connectivity index (χ1) is 60.8. The average Bonchev–Trinajstić information content (AvgIpc) is 0.790. The molecule has 0 aromatic carbocycles. The molecular formula is C107H198O31. The molecule has 0 N–H and O–H groups in total. The average molecular weight is 1980 g/mol. The number of hydrogen-bond donors (Lipinski definition) is 0. The first-order valence-corrected chi connectivity index (χ1v) is 48.4. The zero-order valence-corrected chi connectivity index (χ0v) is 96.5. The quantitative estimate of drug-likeness (QED) is 0.0310. The van der Waals surface area contributed by atoms with Crippen molar-refractivity contribution >= 4 is 53.7 Å². The molecule has 0 amide bonds. The predicted molar refractivity (Wildman–Crippen MR) is 533 cm³/mol. The van der Waals surface area contributed by atoms with Gasteiger partial charge in [-0.1, -0.05) is 6.58 Å². The van der Waals surface area contributed by atoms with Gasteiger partial charge in [0.2, 0.25) is 0 Å². The van der Waals surface area contributed by atoms with Gasteiger partial charge in [-0.15, -0.1) is 0 Å². The lowest BCUT2D eigenvalue weighted by molar-refractivity contribution is -0.192. The Bertz CT molecular complexity index is 3380. The molecule has 0 rings (SSSR count).